The number of fused-ring (bicyclic) bond motifs is 1. The van der Waals surface area contributed by atoms with E-state index in [0.717, 1.165) is 37.0 Å². The lowest BCUT2D eigenvalue weighted by molar-refractivity contribution is -0.189. The third-order valence-electron chi connectivity index (χ3n) is 6.76. The van der Waals surface area contributed by atoms with Gasteiger partial charge in [-0.1, -0.05) is 18.1 Å². The zero-order valence-electron chi connectivity index (χ0n) is 21.7. The maximum Gasteiger partial charge on any atom is 0.458 e. The van der Waals surface area contributed by atoms with E-state index in [9.17, 15) is 35.1 Å². The minimum atomic E-state index is -5.03. The minimum Gasteiger partial charge on any atom is -0.429 e. The molecule has 0 radical (unpaired) electrons. The van der Waals surface area contributed by atoms with E-state index in [0.29, 0.717) is 42.9 Å². The molecule has 43 heavy (non-hydrogen) atoms. The molecule has 224 valence electrons. The van der Waals surface area contributed by atoms with Crippen molar-refractivity contribution >= 4 is 10.8 Å². The Kier molecular flexibility index (Phi) is 8.05. The fourth-order valence-electron chi connectivity index (χ4n) is 4.79. The van der Waals surface area contributed by atoms with Gasteiger partial charge >= 0.3 is 12.3 Å². The first-order chi connectivity index (χ1) is 20.2. The van der Waals surface area contributed by atoms with Crippen molar-refractivity contribution in [2.45, 2.75) is 37.7 Å². The van der Waals surface area contributed by atoms with Gasteiger partial charge in [0.2, 0.25) is 0 Å². The highest BCUT2D eigenvalue weighted by atomic mass is 19.4. The molecule has 5 rings (SSSR count). The predicted octanol–water partition coefficient (Wildman–Crippen LogP) is 9.49. The molecule has 0 bridgehead atoms. The van der Waals surface area contributed by atoms with Crippen molar-refractivity contribution in [3.05, 3.63) is 100 Å². The summed E-state index contributed by atoms with van der Waals surface area (Å²) in [4.78, 5) is 0. The summed E-state index contributed by atoms with van der Waals surface area (Å²) >= 11 is 0. The van der Waals surface area contributed by atoms with Crippen molar-refractivity contribution in [1.29, 1.82) is 0 Å². The van der Waals surface area contributed by atoms with Gasteiger partial charge in [0, 0.05) is 23.5 Å². The normalized spacial score (nSPS) is 15.7. The molecule has 0 N–H and O–H groups in total. The number of benzene rings is 4. The van der Waals surface area contributed by atoms with Crippen molar-refractivity contribution in [2.24, 2.45) is 0 Å². The molecule has 1 saturated heterocycles. The van der Waals surface area contributed by atoms with E-state index in [1.165, 1.54) is 18.1 Å². The molecule has 4 aromatic rings. The predicted molar refractivity (Wildman–Crippen MR) is 136 cm³/mol. The first-order valence-electron chi connectivity index (χ1n) is 12.7. The molecule has 1 atom stereocenters. The molecule has 1 heterocycles. The minimum absolute atomic E-state index is 0.244. The summed E-state index contributed by atoms with van der Waals surface area (Å²) < 4.78 is 151. The van der Waals surface area contributed by atoms with E-state index in [4.69, 9.17) is 4.74 Å². The zero-order valence-corrected chi connectivity index (χ0v) is 21.7. The quantitative estimate of drug-likeness (QED) is 0.165. The van der Waals surface area contributed by atoms with Crippen LogP contribution in [0.15, 0.2) is 54.6 Å². The van der Waals surface area contributed by atoms with Gasteiger partial charge in [0.05, 0.1) is 11.7 Å². The van der Waals surface area contributed by atoms with Gasteiger partial charge in [0.1, 0.15) is 40.4 Å². The van der Waals surface area contributed by atoms with Crippen molar-refractivity contribution < 1.29 is 53.4 Å². The second-order valence-electron chi connectivity index (χ2n) is 9.71. The standard InChI is InChI=1S/C31H18F10O2/c32-23-12-16(27-3-1-2-10-42-27)4-6-20(23)18-14-25(34)28(26(35)15-18)31(40,41)43-19-5-7-21-17(11-19)13-24(33)22(29(21)36)8-9-30(37,38)39/h4-7,11-15,27H,1-3,10H2. The molecule has 12 heteroatoms. The van der Waals surface area contributed by atoms with Crippen LogP contribution in [0.25, 0.3) is 21.9 Å². The van der Waals surface area contributed by atoms with Crippen LogP contribution in [-0.4, -0.2) is 12.8 Å². The second kappa shape index (κ2) is 11.4. The van der Waals surface area contributed by atoms with Crippen LogP contribution >= 0.6 is 0 Å². The summed E-state index contributed by atoms with van der Waals surface area (Å²) in [5.74, 6) is -6.04. The van der Waals surface area contributed by atoms with Gasteiger partial charge in [-0.2, -0.15) is 22.0 Å². The Balaban J connectivity index is 1.43. The van der Waals surface area contributed by atoms with Gasteiger partial charge in [-0.25, -0.2) is 22.0 Å². The van der Waals surface area contributed by atoms with Crippen LogP contribution in [0.4, 0.5) is 43.9 Å². The van der Waals surface area contributed by atoms with Crippen molar-refractivity contribution in [3.8, 4) is 28.7 Å². The lowest BCUT2D eigenvalue weighted by Gasteiger charge is -2.23. The monoisotopic (exact) mass is 612 g/mol. The molecule has 0 saturated carbocycles. The number of hydrogen-bond acceptors (Lipinski definition) is 2. The summed E-state index contributed by atoms with van der Waals surface area (Å²) in [5.41, 5.74) is -3.07. The molecule has 0 aliphatic carbocycles. The molecule has 2 nitrogen and oxygen atoms in total. The van der Waals surface area contributed by atoms with Gasteiger partial charge in [-0.3, -0.25) is 0 Å². The summed E-state index contributed by atoms with van der Waals surface area (Å²) in [6.07, 6.45) is -7.59. The molecule has 1 unspecified atom stereocenters. The SMILES string of the molecule is Fc1cc(C2CCCCO2)ccc1-c1cc(F)c(C(F)(F)Oc2ccc3c(F)c(C#CC(F)(F)F)c(F)cc3c2)c(F)c1. The second-order valence-corrected chi connectivity index (χ2v) is 9.71. The average Bonchev–Trinajstić information content (AvgIpc) is 2.91. The fraction of sp³-hybridized carbons (Fsp3) is 0.226. The lowest BCUT2D eigenvalue weighted by atomic mass is 9.96. The molecular weight excluding hydrogens is 594 g/mol. The van der Waals surface area contributed by atoms with Crippen LogP contribution in [0.3, 0.4) is 0 Å². The first kappa shape index (κ1) is 30.2. The summed E-state index contributed by atoms with van der Waals surface area (Å²) in [5, 5.41) is -0.886. The molecule has 0 amide bonds. The van der Waals surface area contributed by atoms with E-state index in [1.807, 2.05) is 0 Å². The summed E-state index contributed by atoms with van der Waals surface area (Å²) in [6, 6.07) is 7.76. The Labute approximate surface area is 237 Å². The maximum absolute atomic E-state index is 15.0. The highest BCUT2D eigenvalue weighted by Gasteiger charge is 2.41. The van der Waals surface area contributed by atoms with Crippen LogP contribution in [0, 0.1) is 40.9 Å². The molecule has 0 spiro atoms. The van der Waals surface area contributed by atoms with E-state index >= 15 is 8.78 Å². The smallest absolute Gasteiger partial charge is 0.429 e. The first-order valence-corrected chi connectivity index (χ1v) is 12.7. The summed E-state index contributed by atoms with van der Waals surface area (Å²) in [7, 11) is 0. The largest absolute Gasteiger partial charge is 0.458 e. The van der Waals surface area contributed by atoms with E-state index in [1.54, 1.807) is 0 Å². The average molecular weight is 612 g/mol. The Morgan fingerprint density at radius 1 is 0.767 bits per heavy atom. The molecule has 1 aliphatic rings. The molecular formula is C31H18F10O2. The summed E-state index contributed by atoms with van der Waals surface area (Å²) in [6.45, 7) is 0.511. The van der Waals surface area contributed by atoms with Crippen LogP contribution < -0.4 is 4.74 Å². The number of alkyl halides is 5. The van der Waals surface area contributed by atoms with Crippen LogP contribution in [0.1, 0.15) is 42.1 Å². The van der Waals surface area contributed by atoms with E-state index in [2.05, 4.69) is 4.74 Å². The van der Waals surface area contributed by atoms with Crippen molar-refractivity contribution in [1.82, 2.24) is 0 Å². The van der Waals surface area contributed by atoms with Gasteiger partial charge in [-0.05, 0) is 78.2 Å². The van der Waals surface area contributed by atoms with Crippen molar-refractivity contribution in [3.63, 3.8) is 0 Å². The van der Waals surface area contributed by atoms with E-state index in [-0.39, 0.29) is 17.2 Å². The Morgan fingerprint density at radius 2 is 1.49 bits per heavy atom. The van der Waals surface area contributed by atoms with E-state index < -0.39 is 69.0 Å². The number of hydrogen-bond donors (Lipinski definition) is 0. The third-order valence-corrected chi connectivity index (χ3v) is 6.76. The number of halogens is 10. The molecule has 4 aromatic carbocycles. The lowest BCUT2D eigenvalue weighted by Crippen LogP contribution is -2.25. The van der Waals surface area contributed by atoms with Crippen LogP contribution in [0.2, 0.25) is 0 Å². The van der Waals surface area contributed by atoms with Crippen LogP contribution in [0.5, 0.6) is 5.75 Å². The van der Waals surface area contributed by atoms with Gasteiger partial charge < -0.3 is 9.47 Å². The number of rotatable bonds is 5. The number of ether oxygens (including phenoxy) is 2. The van der Waals surface area contributed by atoms with Crippen LogP contribution in [-0.2, 0) is 10.8 Å². The molecule has 0 aromatic heterocycles. The topological polar surface area (TPSA) is 18.5 Å². The molecule has 1 aliphatic heterocycles. The highest BCUT2D eigenvalue weighted by Crippen LogP contribution is 2.39. The molecule has 1 fully saturated rings. The Bertz CT molecular complexity index is 1740. The fourth-order valence-corrected chi connectivity index (χ4v) is 4.79. The van der Waals surface area contributed by atoms with Gasteiger partial charge in [-0.15, -0.1) is 0 Å². The maximum atomic E-state index is 15.0. The third kappa shape index (κ3) is 6.41. The Morgan fingerprint density at radius 3 is 2.12 bits per heavy atom. The van der Waals surface area contributed by atoms with Crippen molar-refractivity contribution in [2.75, 3.05) is 6.61 Å². The zero-order chi connectivity index (χ0) is 31.1. The van der Waals surface area contributed by atoms with Gasteiger partial charge in [0.25, 0.3) is 0 Å². The Hall–Kier alpha value is -4.24. The highest BCUT2D eigenvalue weighted by molar-refractivity contribution is 5.86. The van der Waals surface area contributed by atoms with Gasteiger partial charge in [0.15, 0.2) is 0 Å².